The monoisotopic (exact) mass is 421 g/mol. The molecule has 1 heterocycles. The molecule has 2 N–H and O–H groups in total. The smallest absolute Gasteiger partial charge is 0.328 e. The van der Waals surface area contributed by atoms with Gasteiger partial charge in [-0.05, 0) is 54.3 Å². The normalized spacial score (nSPS) is 14.4. The standard InChI is InChI=1S/C23H16ClNO5/c24-15-3-1-2-13(11-15)10-14-4-6-18-22(29)17-7-5-16(12-19(17)30-23(14)18)25-20(26)8-9-21(27)28/h1-3,5,7-12H,4,6H2,(H,25,26)(H,27,28)/b9-8-,14-10?. The summed E-state index contributed by atoms with van der Waals surface area (Å²) in [6, 6.07) is 12.1. The summed E-state index contributed by atoms with van der Waals surface area (Å²) >= 11 is 6.06. The third kappa shape index (κ3) is 4.04. The highest BCUT2D eigenvalue weighted by Gasteiger charge is 2.24. The van der Waals surface area contributed by atoms with E-state index in [0.29, 0.717) is 45.8 Å². The fourth-order valence-corrected chi connectivity index (χ4v) is 3.63. The molecule has 0 bridgehead atoms. The lowest BCUT2D eigenvalue weighted by atomic mass is 10.1. The molecule has 150 valence electrons. The van der Waals surface area contributed by atoms with Gasteiger partial charge >= 0.3 is 5.97 Å². The number of carboxylic acids is 1. The van der Waals surface area contributed by atoms with Crippen LogP contribution < -0.4 is 10.7 Å². The number of benzene rings is 2. The number of carbonyl (C=O) groups is 2. The Morgan fingerprint density at radius 3 is 2.70 bits per heavy atom. The largest absolute Gasteiger partial charge is 0.478 e. The molecule has 1 aliphatic carbocycles. The molecule has 6 nitrogen and oxygen atoms in total. The Morgan fingerprint density at radius 1 is 1.10 bits per heavy atom. The number of halogens is 1. The van der Waals surface area contributed by atoms with Gasteiger partial charge < -0.3 is 14.8 Å². The number of fused-ring (bicyclic) bond motifs is 2. The van der Waals surface area contributed by atoms with Crippen molar-refractivity contribution < 1.29 is 19.1 Å². The molecule has 0 fully saturated rings. The third-order valence-corrected chi connectivity index (χ3v) is 4.99. The van der Waals surface area contributed by atoms with Gasteiger partial charge in [-0.25, -0.2) is 4.79 Å². The quantitative estimate of drug-likeness (QED) is 0.604. The van der Waals surface area contributed by atoms with Crippen molar-refractivity contribution in [1.82, 2.24) is 0 Å². The first-order valence-corrected chi connectivity index (χ1v) is 9.57. The average molecular weight is 422 g/mol. The van der Waals surface area contributed by atoms with E-state index in [2.05, 4.69) is 5.32 Å². The minimum atomic E-state index is -1.22. The maximum Gasteiger partial charge on any atom is 0.328 e. The van der Waals surface area contributed by atoms with E-state index >= 15 is 0 Å². The molecule has 0 saturated heterocycles. The summed E-state index contributed by atoms with van der Waals surface area (Å²) < 4.78 is 6.06. The van der Waals surface area contributed by atoms with Crippen LogP contribution in [0.25, 0.3) is 22.6 Å². The van der Waals surface area contributed by atoms with Gasteiger partial charge in [-0.2, -0.15) is 0 Å². The van der Waals surface area contributed by atoms with Crippen LogP contribution in [0.5, 0.6) is 0 Å². The Hall–Kier alpha value is -3.64. The van der Waals surface area contributed by atoms with E-state index < -0.39 is 11.9 Å². The van der Waals surface area contributed by atoms with Gasteiger partial charge in [0.05, 0.1) is 5.39 Å². The molecular weight excluding hydrogens is 406 g/mol. The van der Waals surface area contributed by atoms with Crippen LogP contribution in [0.1, 0.15) is 23.3 Å². The van der Waals surface area contributed by atoms with Crippen molar-refractivity contribution in [2.75, 3.05) is 5.32 Å². The minimum Gasteiger partial charge on any atom is -0.478 e. The molecule has 0 aliphatic heterocycles. The molecule has 0 unspecified atom stereocenters. The average Bonchev–Trinajstić information content (AvgIpc) is 3.09. The van der Waals surface area contributed by atoms with E-state index in [1.165, 1.54) is 0 Å². The van der Waals surface area contributed by atoms with Gasteiger partial charge in [-0.1, -0.05) is 23.7 Å². The zero-order valence-electron chi connectivity index (χ0n) is 15.6. The first-order chi connectivity index (χ1) is 14.4. The number of hydrogen-bond donors (Lipinski definition) is 2. The van der Waals surface area contributed by atoms with Crippen LogP contribution >= 0.6 is 11.6 Å². The van der Waals surface area contributed by atoms with Crippen LogP contribution in [0.4, 0.5) is 5.69 Å². The first kappa shape index (κ1) is 19.7. The third-order valence-electron chi connectivity index (χ3n) is 4.76. The van der Waals surface area contributed by atoms with Gasteiger partial charge in [0.2, 0.25) is 5.91 Å². The SMILES string of the molecule is O=C(O)/C=C\C(=O)Nc1ccc2c(=O)c3c(oc2c1)C(=Cc1cccc(Cl)c1)CC3. The second-order valence-electron chi connectivity index (χ2n) is 6.84. The number of allylic oxidation sites excluding steroid dienone is 1. The summed E-state index contributed by atoms with van der Waals surface area (Å²) in [5.41, 5.74) is 3.10. The van der Waals surface area contributed by atoms with Crippen LogP contribution in [0.3, 0.4) is 0 Å². The maximum absolute atomic E-state index is 12.9. The molecule has 4 rings (SSSR count). The predicted molar refractivity (Wildman–Crippen MR) is 116 cm³/mol. The number of carboxylic acid groups (broad SMARTS) is 1. The molecule has 0 saturated carbocycles. The van der Waals surface area contributed by atoms with Gasteiger partial charge in [0.1, 0.15) is 11.3 Å². The summed E-state index contributed by atoms with van der Waals surface area (Å²) in [6.45, 7) is 0. The van der Waals surface area contributed by atoms with Crippen molar-refractivity contribution in [3.63, 3.8) is 0 Å². The molecule has 7 heteroatoms. The Labute approximate surface area is 176 Å². The van der Waals surface area contributed by atoms with Crippen molar-refractivity contribution in [3.05, 3.63) is 86.7 Å². The van der Waals surface area contributed by atoms with Crippen LogP contribution in [0.2, 0.25) is 5.02 Å². The molecule has 2 aromatic carbocycles. The number of carbonyl (C=O) groups excluding carboxylic acids is 1. The van der Waals surface area contributed by atoms with Crippen molar-refractivity contribution in [2.24, 2.45) is 0 Å². The predicted octanol–water partition coefficient (Wildman–Crippen LogP) is 4.51. The highest BCUT2D eigenvalue weighted by Crippen LogP contribution is 2.34. The molecule has 30 heavy (non-hydrogen) atoms. The van der Waals surface area contributed by atoms with Crippen LogP contribution in [-0.2, 0) is 16.0 Å². The van der Waals surface area contributed by atoms with Crippen molar-refractivity contribution in [1.29, 1.82) is 0 Å². The van der Waals surface area contributed by atoms with Crippen molar-refractivity contribution >= 4 is 51.8 Å². The second kappa shape index (κ2) is 8.00. The zero-order chi connectivity index (χ0) is 21.3. The van der Waals surface area contributed by atoms with Gasteiger partial charge in [0, 0.05) is 34.5 Å². The zero-order valence-corrected chi connectivity index (χ0v) is 16.4. The summed E-state index contributed by atoms with van der Waals surface area (Å²) in [5, 5.41) is 12.2. The van der Waals surface area contributed by atoms with E-state index in [9.17, 15) is 14.4 Å². The highest BCUT2D eigenvalue weighted by atomic mass is 35.5. The lowest BCUT2D eigenvalue weighted by molar-refractivity contribution is -0.131. The molecule has 0 atom stereocenters. The van der Waals surface area contributed by atoms with E-state index in [0.717, 1.165) is 23.3 Å². The lowest BCUT2D eigenvalue weighted by Crippen LogP contribution is -2.11. The van der Waals surface area contributed by atoms with Crippen LogP contribution in [0.15, 0.2) is 63.8 Å². The Morgan fingerprint density at radius 2 is 1.93 bits per heavy atom. The second-order valence-corrected chi connectivity index (χ2v) is 7.27. The highest BCUT2D eigenvalue weighted by molar-refractivity contribution is 6.30. The fraction of sp³-hybridized carbons (Fsp3) is 0.0870. The van der Waals surface area contributed by atoms with Gasteiger partial charge in [-0.3, -0.25) is 9.59 Å². The Bertz CT molecular complexity index is 1300. The number of hydrogen-bond acceptors (Lipinski definition) is 4. The molecule has 0 spiro atoms. The van der Waals surface area contributed by atoms with Crippen molar-refractivity contribution in [3.8, 4) is 0 Å². The molecule has 1 aromatic heterocycles. The van der Waals surface area contributed by atoms with E-state index in [4.69, 9.17) is 21.1 Å². The summed E-state index contributed by atoms with van der Waals surface area (Å²) in [7, 11) is 0. The maximum atomic E-state index is 12.9. The summed E-state index contributed by atoms with van der Waals surface area (Å²) in [5.74, 6) is -1.27. The van der Waals surface area contributed by atoms with E-state index in [-0.39, 0.29) is 5.43 Å². The topological polar surface area (TPSA) is 96.6 Å². The number of amides is 1. The van der Waals surface area contributed by atoms with Gasteiger partial charge in [0.25, 0.3) is 0 Å². The van der Waals surface area contributed by atoms with Crippen LogP contribution in [0, 0.1) is 0 Å². The molecule has 0 radical (unpaired) electrons. The van der Waals surface area contributed by atoms with Crippen molar-refractivity contribution in [2.45, 2.75) is 12.8 Å². The molecule has 1 aliphatic rings. The summed E-state index contributed by atoms with van der Waals surface area (Å²) in [4.78, 5) is 35.3. The fourth-order valence-electron chi connectivity index (χ4n) is 3.44. The summed E-state index contributed by atoms with van der Waals surface area (Å²) in [6.07, 6.45) is 4.89. The number of nitrogens with one attached hydrogen (secondary N) is 1. The lowest BCUT2D eigenvalue weighted by Gasteiger charge is -2.07. The van der Waals surface area contributed by atoms with Gasteiger partial charge in [-0.15, -0.1) is 0 Å². The van der Waals surface area contributed by atoms with E-state index in [1.54, 1.807) is 24.3 Å². The number of anilines is 1. The van der Waals surface area contributed by atoms with E-state index in [1.807, 2.05) is 24.3 Å². The molecular formula is C23H16ClNO5. The Kier molecular flexibility index (Phi) is 5.25. The number of rotatable bonds is 4. The number of aliphatic carboxylic acids is 1. The minimum absolute atomic E-state index is 0.0932. The van der Waals surface area contributed by atoms with Crippen LogP contribution in [-0.4, -0.2) is 17.0 Å². The Balaban J connectivity index is 1.72. The molecule has 3 aromatic rings. The molecule has 1 amide bonds. The van der Waals surface area contributed by atoms with Gasteiger partial charge in [0.15, 0.2) is 5.43 Å². The first-order valence-electron chi connectivity index (χ1n) is 9.19.